The lowest BCUT2D eigenvalue weighted by Crippen LogP contribution is -2.39. The zero-order chi connectivity index (χ0) is 37.8. The fourth-order valence-corrected chi connectivity index (χ4v) is 4.85. The zero-order valence-electron chi connectivity index (χ0n) is 28.7. The van der Waals surface area contributed by atoms with Gasteiger partial charge in [-0.05, 0) is 72.8 Å². The van der Waals surface area contributed by atoms with E-state index in [0.717, 1.165) is 34.1 Å². The second kappa shape index (κ2) is 20.4. The highest BCUT2D eigenvalue weighted by molar-refractivity contribution is 5.97. The number of guanidine groups is 2. The van der Waals surface area contributed by atoms with Gasteiger partial charge in [-0.15, -0.1) is 0 Å². The molecule has 0 unspecified atom stereocenters. The van der Waals surface area contributed by atoms with Gasteiger partial charge in [0.2, 0.25) is 0 Å². The van der Waals surface area contributed by atoms with Crippen molar-refractivity contribution in [3.63, 3.8) is 0 Å². The van der Waals surface area contributed by atoms with Crippen molar-refractivity contribution in [1.82, 2.24) is 9.15 Å². The van der Waals surface area contributed by atoms with E-state index in [2.05, 4.69) is 10.6 Å². The van der Waals surface area contributed by atoms with E-state index in [1.54, 1.807) is 0 Å². The Morgan fingerprint density at radius 1 is 0.491 bits per heavy atom. The molecular formula is C42H40N6O5. The molecule has 6 rings (SSSR count). The normalized spacial score (nSPS) is 10.4. The van der Waals surface area contributed by atoms with Crippen molar-refractivity contribution in [2.75, 3.05) is 10.6 Å². The summed E-state index contributed by atoms with van der Waals surface area (Å²) in [4.78, 5) is 19.1. The summed E-state index contributed by atoms with van der Waals surface area (Å²) in [6.45, 7) is 0. The van der Waals surface area contributed by atoms with Gasteiger partial charge in [-0.25, -0.2) is 10.6 Å². The zero-order valence-corrected chi connectivity index (χ0v) is 28.7. The number of nitrogens with two attached hydrogens (primary N) is 2. The standard InChI is InChI=1S/2C19H17N3.C4H6O5/c2*20-19(21-16-10-4-1-5-11-16)22(17-12-6-2-7-13-17)18-14-8-3-9-15-18;5-2(4(8)9)1-3(6)7/h2*1-15H,(H2,20,21);2,5H,1H2,(H,6,7)(H,8,9)/t;;2-/m..0/s1. The lowest BCUT2D eigenvalue weighted by Gasteiger charge is -2.11. The van der Waals surface area contributed by atoms with Gasteiger partial charge in [-0.1, -0.05) is 109 Å². The Hall–Kier alpha value is -7.24. The van der Waals surface area contributed by atoms with Crippen molar-refractivity contribution in [3.8, 4) is 0 Å². The first-order chi connectivity index (χ1) is 25.7. The second-order valence-electron chi connectivity index (χ2n) is 11.2. The molecule has 0 aliphatic rings. The van der Waals surface area contributed by atoms with Gasteiger partial charge in [0.1, 0.15) is 22.7 Å². The highest BCUT2D eigenvalue weighted by Gasteiger charge is 2.15. The highest BCUT2D eigenvalue weighted by atomic mass is 16.4. The Morgan fingerprint density at radius 2 is 0.736 bits per heavy atom. The smallest absolute Gasteiger partial charge is 0.358 e. The lowest BCUT2D eigenvalue weighted by molar-refractivity contribution is -0.323. The topological polar surface area (TPSA) is 183 Å². The van der Waals surface area contributed by atoms with Crippen LogP contribution in [0.2, 0.25) is 0 Å². The van der Waals surface area contributed by atoms with Gasteiger partial charge in [-0.2, -0.15) is 9.15 Å². The lowest BCUT2D eigenvalue weighted by atomic mass is 10.2. The first kappa shape index (κ1) is 38.6. The Balaban J connectivity index is 0.000000194. The summed E-state index contributed by atoms with van der Waals surface area (Å²) in [6.07, 6.45) is -2.89. The van der Waals surface area contributed by atoms with Crippen LogP contribution in [0.5, 0.6) is 0 Å². The van der Waals surface area contributed by atoms with Gasteiger partial charge in [-0.3, -0.25) is 11.5 Å². The molecule has 0 saturated heterocycles. The average molecular weight is 709 g/mol. The number of carbonyl (C=O) groups is 2. The molecule has 0 amide bonds. The number of carboxylic acids is 2. The quantitative estimate of drug-likeness (QED) is 0.0838. The number of anilines is 2. The van der Waals surface area contributed by atoms with Gasteiger partial charge in [0, 0.05) is 12.4 Å². The Bertz CT molecular complexity index is 1850. The molecule has 7 N–H and O–H groups in total. The number of nitrogens with zero attached hydrogens (tertiary/aromatic N) is 2. The van der Waals surface area contributed by atoms with Crippen LogP contribution >= 0.6 is 0 Å². The van der Waals surface area contributed by atoms with Crippen LogP contribution in [0.25, 0.3) is 0 Å². The number of rotatable bonds is 9. The molecular weight excluding hydrogens is 668 g/mol. The molecule has 268 valence electrons. The molecule has 0 aromatic heterocycles. The van der Waals surface area contributed by atoms with E-state index in [9.17, 15) is 19.8 Å². The van der Waals surface area contributed by atoms with Gasteiger partial charge < -0.3 is 24.9 Å². The third kappa shape index (κ3) is 12.5. The maximum Gasteiger partial charge on any atom is 0.358 e. The number of aliphatic hydroxyl groups excluding tert-OH is 1. The Kier molecular flexibility index (Phi) is 14.9. The van der Waals surface area contributed by atoms with E-state index in [-0.39, 0.29) is 0 Å². The third-order valence-corrected chi connectivity index (χ3v) is 7.26. The predicted molar refractivity (Wildman–Crippen MR) is 208 cm³/mol. The van der Waals surface area contributed by atoms with Crippen LogP contribution in [0.4, 0.5) is 34.1 Å². The van der Waals surface area contributed by atoms with Crippen molar-refractivity contribution >= 4 is 58.0 Å². The number of carboxylic acid groups (broad SMARTS) is 2. The number of benzene rings is 6. The Morgan fingerprint density at radius 3 is 0.943 bits per heavy atom. The average Bonchev–Trinajstić information content (AvgIpc) is 3.18. The molecule has 6 aromatic rings. The van der Waals surface area contributed by atoms with Crippen molar-refractivity contribution in [3.05, 3.63) is 182 Å². The molecule has 0 bridgehead atoms. The van der Waals surface area contributed by atoms with Crippen molar-refractivity contribution in [2.45, 2.75) is 12.5 Å². The number of aliphatic hydroxyl groups is 1. The number of hydrogen-bond donors (Lipinski definition) is 5. The number of aliphatic carboxylic acids is 2. The number of carbonyl (C=O) groups excluding carboxylic acids is 2. The molecule has 1 atom stereocenters. The SMILES string of the molecule is NC(Nc1ccccc1)=[N+](c1ccccc1)c1ccccc1.NC(Nc1ccccc1)=[N+](c1ccccc1)c1ccccc1.O=C([O-])C[C@H](O)C(=O)[O-]. The predicted octanol–water partition coefficient (Wildman–Crippen LogP) is 4.13. The fourth-order valence-electron chi connectivity index (χ4n) is 4.85. The largest absolute Gasteiger partial charge is 0.550 e. The molecule has 0 saturated carbocycles. The molecule has 53 heavy (non-hydrogen) atoms. The van der Waals surface area contributed by atoms with Crippen LogP contribution in [-0.2, 0) is 9.59 Å². The highest BCUT2D eigenvalue weighted by Crippen LogP contribution is 2.21. The first-order valence-electron chi connectivity index (χ1n) is 16.5. The Labute approximate surface area is 308 Å². The number of hydrogen-bond acceptors (Lipinski definition) is 5. The van der Waals surface area contributed by atoms with E-state index in [1.165, 1.54) is 0 Å². The van der Waals surface area contributed by atoms with Crippen molar-refractivity contribution in [2.24, 2.45) is 11.5 Å². The van der Waals surface area contributed by atoms with Gasteiger partial charge in [0.25, 0.3) is 0 Å². The molecule has 6 aromatic carbocycles. The van der Waals surface area contributed by atoms with Gasteiger partial charge >= 0.3 is 11.9 Å². The van der Waals surface area contributed by atoms with Crippen molar-refractivity contribution < 1.29 is 24.9 Å². The van der Waals surface area contributed by atoms with E-state index in [1.807, 2.05) is 191 Å². The minimum Gasteiger partial charge on any atom is -0.550 e. The molecule has 11 heteroatoms. The van der Waals surface area contributed by atoms with Crippen LogP contribution in [0.1, 0.15) is 6.42 Å². The maximum atomic E-state index is 9.58. The van der Waals surface area contributed by atoms with E-state index in [4.69, 9.17) is 16.6 Å². The second-order valence-corrected chi connectivity index (χ2v) is 11.2. The van der Waals surface area contributed by atoms with E-state index < -0.39 is 24.5 Å². The van der Waals surface area contributed by atoms with Crippen LogP contribution in [0.15, 0.2) is 182 Å². The van der Waals surface area contributed by atoms with Crippen molar-refractivity contribution in [1.29, 1.82) is 0 Å². The summed E-state index contributed by atoms with van der Waals surface area (Å²) in [5.41, 5.74) is 18.6. The fraction of sp³-hybridized carbons (Fsp3) is 0.0476. The van der Waals surface area contributed by atoms with E-state index >= 15 is 0 Å². The number of para-hydroxylation sites is 6. The van der Waals surface area contributed by atoms with Crippen LogP contribution in [-0.4, -0.2) is 35.1 Å². The minimum absolute atomic E-state index is 0.559. The molecule has 0 spiro atoms. The first-order valence-corrected chi connectivity index (χ1v) is 16.5. The summed E-state index contributed by atoms with van der Waals surface area (Å²) in [6, 6.07) is 60.1. The summed E-state index contributed by atoms with van der Waals surface area (Å²) in [5.74, 6) is -2.31. The summed E-state index contributed by atoms with van der Waals surface area (Å²) < 4.78 is 3.99. The summed E-state index contributed by atoms with van der Waals surface area (Å²) in [5, 5.41) is 33.9. The molecule has 0 fully saturated rings. The third-order valence-electron chi connectivity index (χ3n) is 7.26. The molecule has 0 aliphatic heterocycles. The van der Waals surface area contributed by atoms with Gasteiger partial charge in [0.15, 0.2) is 0 Å². The van der Waals surface area contributed by atoms with E-state index in [0.29, 0.717) is 11.9 Å². The number of nitrogens with one attached hydrogen (secondary N) is 2. The van der Waals surface area contributed by atoms with Crippen LogP contribution in [0.3, 0.4) is 0 Å². The molecule has 0 radical (unpaired) electrons. The molecule has 11 nitrogen and oxygen atoms in total. The molecule has 0 heterocycles. The maximum absolute atomic E-state index is 9.58. The minimum atomic E-state index is -1.96. The van der Waals surface area contributed by atoms with Crippen LogP contribution < -0.4 is 41.5 Å². The molecule has 0 aliphatic carbocycles. The van der Waals surface area contributed by atoms with Gasteiger partial charge in [0.05, 0.1) is 23.4 Å². The van der Waals surface area contributed by atoms with Crippen LogP contribution in [0, 0.1) is 0 Å². The summed E-state index contributed by atoms with van der Waals surface area (Å²) in [7, 11) is 0. The summed E-state index contributed by atoms with van der Waals surface area (Å²) >= 11 is 0. The monoisotopic (exact) mass is 708 g/mol.